The van der Waals surface area contributed by atoms with Crippen molar-refractivity contribution in [3.8, 4) is 0 Å². The van der Waals surface area contributed by atoms with E-state index >= 15 is 0 Å². The molecular formula is C12H13IN2O2S. The lowest BCUT2D eigenvalue weighted by molar-refractivity contribution is -0.117. The molecule has 1 aliphatic rings. The van der Waals surface area contributed by atoms with Crippen molar-refractivity contribution in [3.63, 3.8) is 0 Å². The average Bonchev–Trinajstić information content (AvgIpc) is 2.69. The fraction of sp³-hybridized carbons (Fsp3) is 0.417. The van der Waals surface area contributed by atoms with E-state index < -0.39 is 0 Å². The van der Waals surface area contributed by atoms with Gasteiger partial charge in [0.25, 0.3) is 0 Å². The second-order valence-electron chi connectivity index (χ2n) is 4.22. The first-order chi connectivity index (χ1) is 8.56. The molecule has 1 unspecified atom stereocenters. The minimum atomic E-state index is 0.108. The van der Waals surface area contributed by atoms with Gasteiger partial charge < -0.3 is 4.90 Å². The number of amides is 1. The minimum absolute atomic E-state index is 0.108. The number of carbonyl (C=O) groups excluding carboxylic acids is 2. The third-order valence-corrected chi connectivity index (χ3v) is 4.43. The van der Waals surface area contributed by atoms with Crippen LogP contribution in [0.25, 0.3) is 0 Å². The predicted molar refractivity (Wildman–Crippen MR) is 80.6 cm³/mol. The molecule has 4 nitrogen and oxygen atoms in total. The number of anilines is 1. The molecule has 1 aliphatic heterocycles. The van der Waals surface area contributed by atoms with Crippen LogP contribution >= 0.6 is 34.4 Å². The van der Waals surface area contributed by atoms with Crippen molar-refractivity contribution in [3.05, 3.63) is 22.0 Å². The van der Waals surface area contributed by atoms with Crippen molar-refractivity contribution in [2.75, 3.05) is 17.2 Å². The molecule has 18 heavy (non-hydrogen) atoms. The highest BCUT2D eigenvalue weighted by atomic mass is 127. The molecule has 1 amide bonds. The Labute approximate surface area is 124 Å². The van der Waals surface area contributed by atoms with Gasteiger partial charge in [-0.2, -0.15) is 0 Å². The number of halogens is 1. The Morgan fingerprint density at radius 2 is 2.39 bits per heavy atom. The summed E-state index contributed by atoms with van der Waals surface area (Å²) in [7, 11) is 0. The molecule has 0 saturated carbocycles. The van der Waals surface area contributed by atoms with Gasteiger partial charge in [-0.25, -0.2) is 4.98 Å². The van der Waals surface area contributed by atoms with Gasteiger partial charge in [0.05, 0.1) is 11.9 Å². The summed E-state index contributed by atoms with van der Waals surface area (Å²) in [6.45, 7) is 2.24. The second-order valence-corrected chi connectivity index (χ2v) is 6.52. The van der Waals surface area contributed by atoms with Crippen molar-refractivity contribution >= 4 is 51.1 Å². The van der Waals surface area contributed by atoms with Crippen LogP contribution in [0.5, 0.6) is 0 Å². The van der Waals surface area contributed by atoms with E-state index in [9.17, 15) is 9.59 Å². The summed E-state index contributed by atoms with van der Waals surface area (Å²) in [5, 5.41) is 0.108. The molecule has 1 atom stereocenters. The summed E-state index contributed by atoms with van der Waals surface area (Å²) in [5.74, 6) is 1.09. The van der Waals surface area contributed by atoms with Gasteiger partial charge in [0, 0.05) is 25.6 Å². The number of thioether (sulfide) groups is 1. The molecular weight excluding hydrogens is 363 g/mol. The number of aromatic nitrogens is 1. The smallest absolute Gasteiger partial charge is 0.227 e. The highest BCUT2D eigenvalue weighted by Gasteiger charge is 2.30. The van der Waals surface area contributed by atoms with E-state index in [4.69, 9.17) is 0 Å². The van der Waals surface area contributed by atoms with Gasteiger partial charge in [0.1, 0.15) is 3.70 Å². The summed E-state index contributed by atoms with van der Waals surface area (Å²) in [4.78, 5) is 28.8. The van der Waals surface area contributed by atoms with Gasteiger partial charge >= 0.3 is 0 Å². The lowest BCUT2D eigenvalue weighted by Gasteiger charge is -2.16. The number of pyridine rings is 1. The lowest BCUT2D eigenvalue weighted by atomic mass is 10.1. The molecule has 0 spiro atoms. The quantitative estimate of drug-likeness (QED) is 0.600. The number of nitrogens with zero attached hydrogens (tertiary/aromatic N) is 2. The lowest BCUT2D eigenvalue weighted by Crippen LogP contribution is -2.24. The number of hydrogen-bond donors (Lipinski definition) is 0. The predicted octanol–water partition coefficient (Wildman–Crippen LogP) is 2.32. The molecule has 0 aromatic carbocycles. The van der Waals surface area contributed by atoms with Gasteiger partial charge in [-0.3, -0.25) is 9.59 Å². The van der Waals surface area contributed by atoms with E-state index in [1.54, 1.807) is 18.0 Å². The van der Waals surface area contributed by atoms with Crippen LogP contribution in [0.1, 0.15) is 13.3 Å². The van der Waals surface area contributed by atoms with Crippen molar-refractivity contribution in [2.45, 2.75) is 13.3 Å². The van der Waals surface area contributed by atoms with Gasteiger partial charge in [0.2, 0.25) is 5.91 Å². The minimum Gasteiger partial charge on any atom is -0.311 e. The summed E-state index contributed by atoms with van der Waals surface area (Å²) in [5.41, 5.74) is 0.843. The standard InChI is InChI=1S/C12H13IN2O2S/c1-8(16)18-7-9-4-12(17)15(6-9)10-2-3-11(13)14-5-10/h2-3,5,9H,4,6-7H2,1H3. The van der Waals surface area contributed by atoms with E-state index in [1.807, 2.05) is 12.1 Å². The molecule has 0 N–H and O–H groups in total. The third kappa shape index (κ3) is 3.44. The Morgan fingerprint density at radius 1 is 1.61 bits per heavy atom. The summed E-state index contributed by atoms with van der Waals surface area (Å²) in [6, 6.07) is 3.80. The second kappa shape index (κ2) is 6.01. The van der Waals surface area contributed by atoms with Crippen LogP contribution < -0.4 is 4.90 Å². The highest BCUT2D eigenvalue weighted by Crippen LogP contribution is 2.27. The van der Waals surface area contributed by atoms with Crippen molar-refractivity contribution < 1.29 is 9.59 Å². The molecule has 1 aromatic rings. The number of rotatable bonds is 3. The largest absolute Gasteiger partial charge is 0.311 e. The Balaban J connectivity index is 2.00. The van der Waals surface area contributed by atoms with E-state index in [0.29, 0.717) is 13.0 Å². The average molecular weight is 376 g/mol. The molecule has 0 radical (unpaired) electrons. The van der Waals surface area contributed by atoms with Crippen LogP contribution in [0, 0.1) is 9.62 Å². The summed E-state index contributed by atoms with van der Waals surface area (Å²) >= 11 is 3.43. The normalized spacial score (nSPS) is 19.3. The molecule has 96 valence electrons. The van der Waals surface area contributed by atoms with Crippen molar-refractivity contribution in [2.24, 2.45) is 5.92 Å². The van der Waals surface area contributed by atoms with Crippen molar-refractivity contribution in [1.29, 1.82) is 0 Å². The molecule has 2 rings (SSSR count). The van der Waals surface area contributed by atoms with Crippen LogP contribution in [-0.2, 0) is 9.59 Å². The van der Waals surface area contributed by atoms with Crippen LogP contribution in [-0.4, -0.2) is 28.3 Å². The first-order valence-corrected chi connectivity index (χ1v) is 7.68. The van der Waals surface area contributed by atoms with Crippen LogP contribution in [0.2, 0.25) is 0 Å². The van der Waals surface area contributed by atoms with Gasteiger partial charge in [-0.1, -0.05) is 11.8 Å². The fourth-order valence-corrected chi connectivity index (χ4v) is 2.92. The molecule has 0 aliphatic carbocycles. The van der Waals surface area contributed by atoms with Gasteiger partial charge in [0.15, 0.2) is 5.12 Å². The van der Waals surface area contributed by atoms with E-state index in [-0.39, 0.29) is 16.9 Å². The molecule has 1 fully saturated rings. The Morgan fingerprint density at radius 3 is 3.00 bits per heavy atom. The zero-order valence-corrected chi connectivity index (χ0v) is 12.9. The SMILES string of the molecule is CC(=O)SCC1CC(=O)N(c2ccc(I)nc2)C1. The number of hydrogen-bond acceptors (Lipinski definition) is 4. The molecule has 1 aromatic heterocycles. The number of carbonyl (C=O) groups is 2. The molecule has 1 saturated heterocycles. The topological polar surface area (TPSA) is 50.3 Å². The van der Waals surface area contributed by atoms with Gasteiger partial charge in [-0.15, -0.1) is 0 Å². The van der Waals surface area contributed by atoms with Crippen LogP contribution in [0.4, 0.5) is 5.69 Å². The maximum Gasteiger partial charge on any atom is 0.227 e. The summed E-state index contributed by atoms with van der Waals surface area (Å²) in [6.07, 6.45) is 2.24. The molecule has 2 heterocycles. The monoisotopic (exact) mass is 376 g/mol. The Bertz CT molecular complexity index is 464. The first-order valence-electron chi connectivity index (χ1n) is 5.61. The summed E-state index contributed by atoms with van der Waals surface area (Å²) < 4.78 is 0.909. The third-order valence-electron chi connectivity index (χ3n) is 2.75. The van der Waals surface area contributed by atoms with E-state index in [1.165, 1.54) is 11.8 Å². The Hall–Kier alpha value is -0.630. The van der Waals surface area contributed by atoms with Gasteiger partial charge in [-0.05, 0) is 40.6 Å². The molecule has 0 bridgehead atoms. The fourth-order valence-electron chi connectivity index (χ4n) is 1.91. The van der Waals surface area contributed by atoms with E-state index in [2.05, 4.69) is 27.6 Å². The van der Waals surface area contributed by atoms with Crippen LogP contribution in [0.3, 0.4) is 0 Å². The van der Waals surface area contributed by atoms with E-state index in [0.717, 1.165) is 15.1 Å². The zero-order chi connectivity index (χ0) is 13.1. The highest BCUT2D eigenvalue weighted by molar-refractivity contribution is 14.1. The maximum atomic E-state index is 11.9. The van der Waals surface area contributed by atoms with Crippen LogP contribution in [0.15, 0.2) is 18.3 Å². The molecule has 6 heteroatoms. The Kier molecular flexibility index (Phi) is 4.60. The first kappa shape index (κ1) is 13.8. The van der Waals surface area contributed by atoms with Crippen molar-refractivity contribution in [1.82, 2.24) is 4.98 Å². The zero-order valence-electron chi connectivity index (χ0n) is 9.93. The maximum absolute atomic E-state index is 11.9.